The van der Waals surface area contributed by atoms with Crippen molar-refractivity contribution in [2.75, 3.05) is 33.4 Å². The molecule has 1 rings (SSSR count). The lowest BCUT2D eigenvalue weighted by Gasteiger charge is -2.17. The molecule has 6 nitrogen and oxygen atoms in total. The van der Waals surface area contributed by atoms with Gasteiger partial charge < -0.3 is 5.32 Å². The van der Waals surface area contributed by atoms with Crippen molar-refractivity contribution < 1.29 is 16.8 Å². The van der Waals surface area contributed by atoms with E-state index < -0.39 is 19.9 Å². The van der Waals surface area contributed by atoms with E-state index in [2.05, 4.69) is 5.32 Å². The maximum absolute atomic E-state index is 12.2. The van der Waals surface area contributed by atoms with Crippen LogP contribution in [0.5, 0.6) is 0 Å². The molecule has 0 heterocycles. The molecule has 0 saturated carbocycles. The van der Waals surface area contributed by atoms with Crippen LogP contribution >= 0.6 is 0 Å². The second-order valence-electron chi connectivity index (χ2n) is 4.53. The number of nitrogens with one attached hydrogen (secondary N) is 1. The highest BCUT2D eigenvalue weighted by molar-refractivity contribution is 7.90. The van der Waals surface area contributed by atoms with Gasteiger partial charge in [0.25, 0.3) is 0 Å². The highest BCUT2D eigenvalue weighted by Crippen LogP contribution is 2.17. The van der Waals surface area contributed by atoms with Gasteiger partial charge in [0.2, 0.25) is 10.0 Å². The van der Waals surface area contributed by atoms with Crippen molar-refractivity contribution in [1.82, 2.24) is 9.62 Å². The molecule has 0 spiro atoms. The molecule has 8 heteroatoms. The Morgan fingerprint density at radius 1 is 1.05 bits per heavy atom. The van der Waals surface area contributed by atoms with Crippen LogP contribution in [0.4, 0.5) is 0 Å². The van der Waals surface area contributed by atoms with Crippen molar-refractivity contribution in [3.05, 3.63) is 24.3 Å². The number of sulfonamides is 1. The smallest absolute Gasteiger partial charge is 0.242 e. The lowest BCUT2D eigenvalue weighted by Crippen LogP contribution is -2.29. The molecule has 0 aromatic heterocycles. The fourth-order valence-electron chi connectivity index (χ4n) is 1.64. The van der Waals surface area contributed by atoms with Crippen molar-refractivity contribution in [2.45, 2.75) is 16.2 Å². The molecule has 1 N–H and O–H groups in total. The van der Waals surface area contributed by atoms with E-state index in [-0.39, 0.29) is 9.79 Å². The second kappa shape index (κ2) is 6.66. The zero-order valence-electron chi connectivity index (χ0n) is 11.8. The number of rotatable bonds is 7. The van der Waals surface area contributed by atoms with Gasteiger partial charge in [-0.1, -0.05) is 0 Å². The molecule has 1 aromatic carbocycles. The van der Waals surface area contributed by atoms with Gasteiger partial charge in [-0.25, -0.2) is 21.1 Å². The molecule has 0 bridgehead atoms. The largest absolute Gasteiger partial charge is 0.320 e. The van der Waals surface area contributed by atoms with E-state index >= 15 is 0 Å². The molecular formula is C12H20N2O4S2. The molecule has 0 amide bonds. The maximum Gasteiger partial charge on any atom is 0.242 e. The Bertz CT molecular complexity index is 637. The molecule has 114 valence electrons. The van der Waals surface area contributed by atoms with E-state index in [4.69, 9.17) is 0 Å². The van der Waals surface area contributed by atoms with Crippen LogP contribution in [0.2, 0.25) is 0 Å². The summed E-state index contributed by atoms with van der Waals surface area (Å²) in [4.78, 5) is 0.200. The van der Waals surface area contributed by atoms with Crippen molar-refractivity contribution in [2.24, 2.45) is 0 Å². The standard InChI is InChI=1S/C12H20N2O4S2/c1-13-9-4-10-14(2)20(17,18)12-7-5-11(6-8-12)19(3,15)16/h5-8,13H,4,9-10H2,1-3H3. The molecule has 20 heavy (non-hydrogen) atoms. The fraction of sp³-hybridized carbons (Fsp3) is 0.500. The first kappa shape index (κ1) is 17.1. The maximum atomic E-state index is 12.2. The summed E-state index contributed by atoms with van der Waals surface area (Å²) in [7, 11) is -3.58. The first-order valence-corrected chi connectivity index (χ1v) is 9.44. The van der Waals surface area contributed by atoms with Gasteiger partial charge in [-0.05, 0) is 44.3 Å². The first-order chi connectivity index (χ1) is 9.19. The molecule has 0 aliphatic heterocycles. The van der Waals surface area contributed by atoms with Gasteiger partial charge in [-0.15, -0.1) is 0 Å². The zero-order valence-corrected chi connectivity index (χ0v) is 13.5. The van der Waals surface area contributed by atoms with Crippen molar-refractivity contribution >= 4 is 19.9 Å². The highest BCUT2D eigenvalue weighted by Gasteiger charge is 2.20. The van der Waals surface area contributed by atoms with Gasteiger partial charge in [0.1, 0.15) is 0 Å². The SMILES string of the molecule is CNCCCN(C)S(=O)(=O)c1ccc(S(C)(=O)=O)cc1. The molecule has 0 aliphatic rings. The third-order valence-corrected chi connectivity index (χ3v) is 5.86. The van der Waals surface area contributed by atoms with E-state index in [1.165, 1.54) is 35.6 Å². The van der Waals surface area contributed by atoms with Gasteiger partial charge >= 0.3 is 0 Å². The van der Waals surface area contributed by atoms with Crippen LogP contribution in [0, 0.1) is 0 Å². The summed E-state index contributed by atoms with van der Waals surface area (Å²) in [5.74, 6) is 0. The number of hydrogen-bond acceptors (Lipinski definition) is 5. The van der Waals surface area contributed by atoms with Crippen LogP contribution < -0.4 is 5.32 Å². The summed E-state index contributed by atoms with van der Waals surface area (Å²) in [6, 6.07) is 5.26. The topological polar surface area (TPSA) is 83.6 Å². The molecule has 1 aromatic rings. The third-order valence-electron chi connectivity index (χ3n) is 2.86. The average molecular weight is 320 g/mol. The minimum Gasteiger partial charge on any atom is -0.320 e. The summed E-state index contributed by atoms with van der Waals surface area (Å²) in [6.45, 7) is 1.13. The van der Waals surface area contributed by atoms with Crippen LogP contribution in [-0.2, 0) is 19.9 Å². The summed E-state index contributed by atoms with van der Waals surface area (Å²) >= 11 is 0. The number of benzene rings is 1. The monoisotopic (exact) mass is 320 g/mol. The van der Waals surface area contributed by atoms with Crippen LogP contribution in [0.1, 0.15) is 6.42 Å². The number of nitrogens with zero attached hydrogens (tertiary/aromatic N) is 1. The Labute approximate surface area is 120 Å². The Morgan fingerprint density at radius 3 is 2.00 bits per heavy atom. The molecule has 0 radical (unpaired) electrons. The second-order valence-corrected chi connectivity index (χ2v) is 8.59. The number of sulfone groups is 1. The minimum atomic E-state index is -3.57. The molecule has 0 unspecified atom stereocenters. The van der Waals surface area contributed by atoms with Gasteiger partial charge in [0.05, 0.1) is 9.79 Å². The molecule has 0 aliphatic carbocycles. The molecular weight excluding hydrogens is 300 g/mol. The Morgan fingerprint density at radius 2 is 1.55 bits per heavy atom. The Balaban J connectivity index is 2.93. The van der Waals surface area contributed by atoms with Gasteiger partial charge in [-0.2, -0.15) is 0 Å². The lowest BCUT2D eigenvalue weighted by molar-refractivity contribution is 0.458. The van der Waals surface area contributed by atoms with E-state index in [1.54, 1.807) is 7.05 Å². The third kappa shape index (κ3) is 4.27. The molecule has 0 fully saturated rings. The van der Waals surface area contributed by atoms with Crippen molar-refractivity contribution in [1.29, 1.82) is 0 Å². The zero-order chi connectivity index (χ0) is 15.4. The molecule has 0 saturated heterocycles. The normalized spacial score (nSPS) is 12.8. The van der Waals surface area contributed by atoms with E-state index in [1.807, 2.05) is 0 Å². The van der Waals surface area contributed by atoms with Crippen LogP contribution in [0.25, 0.3) is 0 Å². The average Bonchev–Trinajstić information content (AvgIpc) is 2.38. The Hall–Kier alpha value is -0.960. The van der Waals surface area contributed by atoms with E-state index in [9.17, 15) is 16.8 Å². The lowest BCUT2D eigenvalue weighted by atomic mass is 10.4. The predicted molar refractivity (Wildman–Crippen MR) is 77.9 cm³/mol. The Kier molecular flexibility index (Phi) is 5.69. The van der Waals surface area contributed by atoms with Crippen LogP contribution in [0.3, 0.4) is 0 Å². The van der Waals surface area contributed by atoms with E-state index in [0.29, 0.717) is 13.0 Å². The summed E-state index contributed by atoms with van der Waals surface area (Å²) in [5.41, 5.74) is 0. The molecule has 0 atom stereocenters. The number of hydrogen-bond donors (Lipinski definition) is 1. The van der Waals surface area contributed by atoms with Gasteiger partial charge in [0, 0.05) is 19.8 Å². The van der Waals surface area contributed by atoms with Gasteiger partial charge in [-0.3, -0.25) is 0 Å². The van der Waals surface area contributed by atoms with Crippen LogP contribution in [0.15, 0.2) is 34.1 Å². The van der Waals surface area contributed by atoms with E-state index in [0.717, 1.165) is 12.8 Å². The minimum absolute atomic E-state index is 0.0943. The van der Waals surface area contributed by atoms with Crippen molar-refractivity contribution in [3.8, 4) is 0 Å². The quantitative estimate of drug-likeness (QED) is 0.732. The highest BCUT2D eigenvalue weighted by atomic mass is 32.2. The fourth-order valence-corrected chi connectivity index (χ4v) is 3.48. The summed E-state index contributed by atoms with van der Waals surface area (Å²) in [6.07, 6.45) is 1.79. The summed E-state index contributed by atoms with van der Waals surface area (Å²) < 4.78 is 48.4. The van der Waals surface area contributed by atoms with Crippen LogP contribution in [-0.4, -0.2) is 54.6 Å². The first-order valence-electron chi connectivity index (χ1n) is 6.10. The predicted octanol–water partition coefficient (Wildman–Crippen LogP) is 0.320. The van der Waals surface area contributed by atoms with Crippen molar-refractivity contribution in [3.63, 3.8) is 0 Å². The summed E-state index contributed by atoms with van der Waals surface area (Å²) in [5, 5.41) is 2.95. The van der Waals surface area contributed by atoms with Gasteiger partial charge in [0.15, 0.2) is 9.84 Å².